The first-order valence-electron chi connectivity index (χ1n) is 42.7. The predicted molar refractivity (Wildman–Crippen MR) is 463 cm³/mol. The highest BCUT2D eigenvalue weighted by Gasteiger charge is 2.30. The molecule has 634 valence electrons. The van der Waals surface area contributed by atoms with Crippen LogP contribution in [0.25, 0.3) is 0 Å². The third-order valence-corrected chi connectivity index (χ3v) is 18.9. The van der Waals surface area contributed by atoms with Crippen LogP contribution in [0.4, 0.5) is 0 Å². The zero-order valence-corrected chi connectivity index (χ0v) is 71.3. The van der Waals surface area contributed by atoms with E-state index >= 15 is 0 Å². The highest BCUT2D eigenvalue weighted by atomic mass is 31.2. The fraction of sp³-hybridized carbons (Fsp3) is 0.613. The van der Waals surface area contributed by atoms with Gasteiger partial charge in [0.25, 0.3) is 0 Å². The fourth-order valence-corrected chi connectivity index (χ4v) is 12.1. The van der Waals surface area contributed by atoms with Crippen LogP contribution in [-0.4, -0.2) is 96.7 Å². The van der Waals surface area contributed by atoms with Crippen molar-refractivity contribution in [3.05, 3.63) is 194 Å². The second kappa shape index (κ2) is 82.9. The van der Waals surface area contributed by atoms with E-state index in [0.717, 1.165) is 154 Å². The van der Waals surface area contributed by atoms with Crippen LogP contribution in [0.2, 0.25) is 0 Å². The van der Waals surface area contributed by atoms with Gasteiger partial charge in [-0.05, 0) is 173 Å². The minimum absolute atomic E-state index is 0.0147. The van der Waals surface area contributed by atoms with Crippen LogP contribution in [0.1, 0.15) is 310 Å². The van der Waals surface area contributed by atoms with E-state index in [1.54, 1.807) is 0 Å². The van der Waals surface area contributed by atoms with E-state index in [1.165, 1.54) is 64.2 Å². The molecule has 0 aromatic carbocycles. The first kappa shape index (κ1) is 106. The van der Waals surface area contributed by atoms with Gasteiger partial charge in [0.15, 0.2) is 12.2 Å². The molecule has 0 aliphatic rings. The number of phosphoric acid groups is 2. The normalized spacial score (nSPS) is 14.7. The van der Waals surface area contributed by atoms with Crippen molar-refractivity contribution in [1.82, 2.24) is 0 Å². The lowest BCUT2D eigenvalue weighted by molar-refractivity contribution is -0.161. The number of phosphoric ester groups is 2. The molecule has 0 fully saturated rings. The van der Waals surface area contributed by atoms with Gasteiger partial charge < -0.3 is 33.8 Å². The average molecular weight is 1600 g/mol. The topological polar surface area (TPSA) is 237 Å². The number of aliphatic hydroxyl groups is 1. The maximum atomic E-state index is 13.1. The van der Waals surface area contributed by atoms with Gasteiger partial charge in [0.1, 0.15) is 19.3 Å². The molecule has 0 bridgehead atoms. The Balaban J connectivity index is 5.56. The first-order chi connectivity index (χ1) is 54.7. The molecule has 0 aromatic heterocycles. The van der Waals surface area contributed by atoms with Gasteiger partial charge in [-0.3, -0.25) is 37.3 Å². The summed E-state index contributed by atoms with van der Waals surface area (Å²) in [6.45, 7) is 4.48. The number of ether oxygens (including phenoxy) is 4. The standard InChI is InChI=1S/C93H150O17P2/c1-5-9-13-17-21-25-29-33-37-40-43-46-50-53-57-61-65-69-73-77-90(95)103-83-88(109-92(97)79-75-71-67-63-59-55-49-36-32-28-24-20-16-12-8-4)85-107-111(99,100)105-81-87(94)82-106-112(101,102)108-86-89(110-93(98)80-76-72-68-64-60-56-52-48-45-42-39-35-31-27-23-19-15-11-7-3)84-104-91(96)78-74-70-66-62-58-54-51-47-44-41-38-34-30-26-22-18-14-10-6-2/h9,13,21-23,25-28,32-35,37-39,43-48,53-54,56-58,60,66,68,70,72,87-89,94H,5-8,10-12,14-20,24,29-31,36,40-42,49-52,55,59,61-65,67,69,71,73-86H2,1-4H3,(H,99,100)(H,101,102)/b13-9-,25-21-,26-22-,27-23-,32-28-,37-33-,38-34-,39-35-,46-43-,47-44-,48-45-,57-53-,58-54-,60-56-,70-66-,72-68-/t87-,88-,89-/m1/s1. The van der Waals surface area contributed by atoms with Gasteiger partial charge in [0.05, 0.1) is 26.4 Å². The molecule has 0 saturated heterocycles. The zero-order chi connectivity index (χ0) is 81.7. The lowest BCUT2D eigenvalue weighted by Crippen LogP contribution is -2.30. The fourth-order valence-electron chi connectivity index (χ4n) is 10.6. The number of aliphatic hydroxyl groups excluding tert-OH is 1. The molecule has 0 spiro atoms. The van der Waals surface area contributed by atoms with E-state index in [9.17, 15) is 43.2 Å². The summed E-state index contributed by atoms with van der Waals surface area (Å²) in [7, 11) is -10.0. The van der Waals surface area contributed by atoms with Crippen LogP contribution in [-0.2, 0) is 65.4 Å². The molecule has 0 heterocycles. The van der Waals surface area contributed by atoms with E-state index in [1.807, 2.05) is 36.5 Å². The Hall–Kier alpha value is -6.10. The summed E-state index contributed by atoms with van der Waals surface area (Å²) in [5, 5.41) is 10.7. The Kier molecular flexibility index (Phi) is 78.4. The van der Waals surface area contributed by atoms with Crippen molar-refractivity contribution in [3.63, 3.8) is 0 Å². The number of esters is 4. The number of unbranched alkanes of at least 4 members (excludes halogenated alkanes) is 20. The van der Waals surface area contributed by atoms with Crippen molar-refractivity contribution < 1.29 is 80.2 Å². The van der Waals surface area contributed by atoms with Crippen LogP contribution in [0, 0.1) is 0 Å². The Morgan fingerprint density at radius 2 is 0.482 bits per heavy atom. The van der Waals surface area contributed by atoms with Crippen LogP contribution in [0.5, 0.6) is 0 Å². The van der Waals surface area contributed by atoms with Gasteiger partial charge in [-0.25, -0.2) is 9.13 Å². The van der Waals surface area contributed by atoms with Gasteiger partial charge in [-0.2, -0.15) is 0 Å². The average Bonchev–Trinajstić information content (AvgIpc) is 0.898. The molecule has 17 nitrogen and oxygen atoms in total. The number of hydrogen-bond acceptors (Lipinski definition) is 15. The molecule has 3 N–H and O–H groups in total. The molecule has 0 saturated carbocycles. The maximum Gasteiger partial charge on any atom is 0.472 e. The second-order valence-corrected chi connectivity index (χ2v) is 30.6. The summed E-state index contributed by atoms with van der Waals surface area (Å²) in [4.78, 5) is 73.2. The van der Waals surface area contributed by atoms with E-state index in [2.05, 4.69) is 186 Å². The number of rotatable bonds is 78. The maximum absolute atomic E-state index is 13.1. The molecule has 0 aromatic rings. The predicted octanol–water partition coefficient (Wildman–Crippen LogP) is 25.7. The molecular formula is C93H150O17P2. The third-order valence-electron chi connectivity index (χ3n) is 17.0. The summed E-state index contributed by atoms with van der Waals surface area (Å²) < 4.78 is 68.6. The lowest BCUT2D eigenvalue weighted by atomic mass is 10.1. The Labute approximate surface area is 678 Å². The van der Waals surface area contributed by atoms with Crippen LogP contribution in [0.15, 0.2) is 194 Å². The van der Waals surface area contributed by atoms with Gasteiger partial charge >= 0.3 is 39.5 Å². The zero-order valence-electron chi connectivity index (χ0n) is 69.5. The molecule has 0 radical (unpaired) electrons. The summed E-state index contributed by atoms with van der Waals surface area (Å²) in [6, 6.07) is 0. The van der Waals surface area contributed by atoms with Crippen molar-refractivity contribution in [2.24, 2.45) is 0 Å². The highest BCUT2D eigenvalue weighted by molar-refractivity contribution is 7.47. The Bertz CT molecular complexity index is 2890. The van der Waals surface area contributed by atoms with Crippen molar-refractivity contribution in [2.45, 2.75) is 329 Å². The molecule has 0 amide bonds. The van der Waals surface area contributed by atoms with Crippen LogP contribution >= 0.6 is 15.6 Å². The molecule has 0 aliphatic heterocycles. The van der Waals surface area contributed by atoms with Gasteiger partial charge in [-0.1, -0.05) is 306 Å². The molecule has 2 unspecified atom stereocenters. The van der Waals surface area contributed by atoms with Crippen molar-refractivity contribution in [1.29, 1.82) is 0 Å². The number of carbonyl (C=O) groups is 4. The summed E-state index contributed by atoms with van der Waals surface area (Å²) in [5.74, 6) is -2.42. The monoisotopic (exact) mass is 1600 g/mol. The number of allylic oxidation sites excluding steroid dienone is 32. The summed E-state index contributed by atoms with van der Waals surface area (Å²) in [6.07, 6.45) is 103. The minimum atomic E-state index is -5.03. The van der Waals surface area contributed by atoms with Gasteiger partial charge in [0, 0.05) is 25.7 Å². The van der Waals surface area contributed by atoms with E-state index in [4.69, 9.17) is 37.0 Å². The smallest absolute Gasteiger partial charge is 0.462 e. The molecule has 0 aliphatic carbocycles. The van der Waals surface area contributed by atoms with Crippen LogP contribution < -0.4 is 0 Å². The number of carbonyl (C=O) groups excluding carboxylic acids is 4. The largest absolute Gasteiger partial charge is 0.472 e. The molecule has 112 heavy (non-hydrogen) atoms. The molecule has 0 rings (SSSR count). The van der Waals surface area contributed by atoms with E-state index < -0.39 is 97.5 Å². The summed E-state index contributed by atoms with van der Waals surface area (Å²) in [5.41, 5.74) is 0. The number of hydrogen-bond donors (Lipinski definition) is 3. The van der Waals surface area contributed by atoms with Gasteiger partial charge in [-0.15, -0.1) is 0 Å². The third kappa shape index (κ3) is 81.9. The Morgan fingerprint density at radius 1 is 0.259 bits per heavy atom. The van der Waals surface area contributed by atoms with Crippen molar-refractivity contribution in [3.8, 4) is 0 Å². The molecular weight excluding hydrogens is 1450 g/mol. The van der Waals surface area contributed by atoms with E-state index in [0.29, 0.717) is 38.5 Å². The minimum Gasteiger partial charge on any atom is -0.462 e. The van der Waals surface area contributed by atoms with Crippen molar-refractivity contribution in [2.75, 3.05) is 39.6 Å². The van der Waals surface area contributed by atoms with Crippen molar-refractivity contribution >= 4 is 39.5 Å². The lowest BCUT2D eigenvalue weighted by Gasteiger charge is -2.21. The second-order valence-electron chi connectivity index (χ2n) is 27.7. The SMILES string of the molecule is CC/C=C\C/C=C\C/C=C\C/C=C\C/C=C\CCCCCC(=O)OC[C@H](COP(=O)(O)OC[C@@H](O)COP(=O)(O)OC[C@@H](COC(=O)CC/C=C\C/C=C\C/C=C\C/C=C\C/C=C\CCCCC)OC(=O)CC/C=C\C/C=C\C/C=C\C/C=C\C/C=C\CCCCC)OC(=O)CCCCCCCCC/C=C\CCCCCC. The van der Waals surface area contributed by atoms with Gasteiger partial charge in [0.2, 0.25) is 0 Å². The quantitative estimate of drug-likeness (QED) is 0.0169. The molecule has 5 atom stereocenters. The Morgan fingerprint density at radius 3 is 0.821 bits per heavy atom. The van der Waals surface area contributed by atoms with Crippen LogP contribution in [0.3, 0.4) is 0 Å². The first-order valence-corrected chi connectivity index (χ1v) is 45.7. The molecule has 19 heteroatoms. The van der Waals surface area contributed by atoms with E-state index in [-0.39, 0.29) is 25.7 Å². The highest BCUT2D eigenvalue weighted by Crippen LogP contribution is 2.45. The summed E-state index contributed by atoms with van der Waals surface area (Å²) >= 11 is 0.